The van der Waals surface area contributed by atoms with Crippen molar-refractivity contribution in [2.24, 2.45) is 5.73 Å². The maximum absolute atomic E-state index is 12.6. The number of rotatable bonds is 11. The van der Waals surface area contributed by atoms with Crippen LogP contribution in [0.4, 0.5) is 0 Å². The number of aliphatic hydroxyl groups is 1. The lowest BCUT2D eigenvalue weighted by Gasteiger charge is -2.25. The number of carbonyl (C=O) groups excluding carboxylic acids is 3. The third kappa shape index (κ3) is 7.71. The number of aliphatic carboxylic acids is 1. The average Bonchev–Trinajstić information content (AvgIpc) is 3.15. The fourth-order valence-electron chi connectivity index (χ4n) is 2.23. The molecule has 29 heavy (non-hydrogen) atoms. The van der Waals surface area contributed by atoms with Crippen LogP contribution in [0.25, 0.3) is 0 Å². The van der Waals surface area contributed by atoms with Gasteiger partial charge in [0.2, 0.25) is 17.7 Å². The van der Waals surface area contributed by atoms with Crippen LogP contribution < -0.4 is 21.7 Å². The lowest BCUT2D eigenvalue weighted by Crippen LogP contribution is -2.60. The predicted octanol–water partition coefficient (Wildman–Crippen LogP) is -2.85. The van der Waals surface area contributed by atoms with Crippen molar-refractivity contribution in [1.82, 2.24) is 25.9 Å². The Hall–Kier alpha value is -2.64. The van der Waals surface area contributed by atoms with Crippen LogP contribution in [0.15, 0.2) is 12.5 Å². The van der Waals surface area contributed by atoms with Gasteiger partial charge in [0.15, 0.2) is 0 Å². The van der Waals surface area contributed by atoms with E-state index < -0.39 is 54.0 Å². The van der Waals surface area contributed by atoms with Gasteiger partial charge in [-0.2, -0.15) is 12.6 Å². The van der Waals surface area contributed by atoms with E-state index in [4.69, 9.17) is 10.8 Å². The molecule has 0 saturated carbocycles. The molecule has 8 N–H and O–H groups in total. The summed E-state index contributed by atoms with van der Waals surface area (Å²) in [6.07, 6.45) is 1.49. The van der Waals surface area contributed by atoms with E-state index in [1.807, 2.05) is 0 Å². The minimum absolute atomic E-state index is 0.0374. The van der Waals surface area contributed by atoms with E-state index in [0.29, 0.717) is 5.69 Å². The molecule has 13 heteroatoms. The number of aromatic amines is 1. The smallest absolute Gasteiger partial charge is 0.327 e. The summed E-state index contributed by atoms with van der Waals surface area (Å²) in [7, 11) is 0. The summed E-state index contributed by atoms with van der Waals surface area (Å²) in [5.74, 6) is -3.73. The minimum atomic E-state index is -1.37. The fourth-order valence-corrected chi connectivity index (χ4v) is 2.48. The minimum Gasteiger partial charge on any atom is -0.480 e. The van der Waals surface area contributed by atoms with E-state index in [2.05, 4.69) is 38.5 Å². The molecule has 0 saturated heterocycles. The quantitative estimate of drug-likeness (QED) is 0.171. The second-order valence-electron chi connectivity index (χ2n) is 6.44. The Morgan fingerprint density at radius 2 is 1.76 bits per heavy atom. The van der Waals surface area contributed by atoms with Gasteiger partial charge in [-0.1, -0.05) is 0 Å². The molecule has 1 rings (SSSR count). The lowest BCUT2D eigenvalue weighted by atomic mass is 10.1. The number of carbonyl (C=O) groups is 4. The van der Waals surface area contributed by atoms with Gasteiger partial charge < -0.3 is 36.9 Å². The van der Waals surface area contributed by atoms with Gasteiger partial charge in [-0.05, 0) is 13.8 Å². The summed E-state index contributed by atoms with van der Waals surface area (Å²) in [5.41, 5.74) is 5.96. The zero-order valence-electron chi connectivity index (χ0n) is 16.0. The van der Waals surface area contributed by atoms with Crippen LogP contribution in [0.1, 0.15) is 19.5 Å². The number of carboxylic acid groups (broad SMARTS) is 1. The summed E-state index contributed by atoms with van der Waals surface area (Å²) in [6, 6.07) is -4.76. The lowest BCUT2D eigenvalue weighted by molar-refractivity contribution is -0.141. The predicted molar refractivity (Wildman–Crippen MR) is 105 cm³/mol. The molecule has 1 aromatic rings. The van der Waals surface area contributed by atoms with Crippen molar-refractivity contribution < 1.29 is 29.4 Å². The first-order chi connectivity index (χ1) is 13.6. The number of imidazole rings is 1. The summed E-state index contributed by atoms with van der Waals surface area (Å²) in [5, 5.41) is 26.0. The largest absolute Gasteiger partial charge is 0.480 e. The first-order valence-electron chi connectivity index (χ1n) is 8.72. The number of hydrogen-bond acceptors (Lipinski definition) is 8. The van der Waals surface area contributed by atoms with Crippen LogP contribution in [0.5, 0.6) is 0 Å². The normalized spacial score (nSPS) is 16.0. The molecule has 5 unspecified atom stereocenters. The number of thiol groups is 1. The number of nitrogens with zero attached hydrogens (tertiary/aromatic N) is 1. The van der Waals surface area contributed by atoms with Gasteiger partial charge in [0, 0.05) is 24.1 Å². The van der Waals surface area contributed by atoms with E-state index in [1.165, 1.54) is 26.4 Å². The maximum Gasteiger partial charge on any atom is 0.327 e. The van der Waals surface area contributed by atoms with Gasteiger partial charge in [-0.25, -0.2) is 9.78 Å². The Morgan fingerprint density at radius 1 is 1.14 bits per heavy atom. The second-order valence-corrected chi connectivity index (χ2v) is 6.80. The van der Waals surface area contributed by atoms with Crippen LogP contribution in [0.3, 0.4) is 0 Å². The topological polar surface area (TPSA) is 200 Å². The molecule has 0 bridgehead atoms. The van der Waals surface area contributed by atoms with Gasteiger partial charge in [0.1, 0.15) is 18.1 Å². The number of nitrogens with one attached hydrogen (secondary N) is 4. The molecule has 162 valence electrons. The number of amides is 3. The standard InChI is InChI=1S/C16H26N6O6S/c1-7(17)13(24)22-12(8(2)23)15(26)20-10(3-9-4-18-6-19-9)14(25)21-11(5-29)16(27)28/h4,6-8,10-12,23,29H,3,5,17H2,1-2H3,(H,18,19)(H,20,26)(H,21,25)(H,22,24)(H,27,28). The molecule has 0 spiro atoms. The molecule has 12 nitrogen and oxygen atoms in total. The number of aromatic nitrogens is 2. The van der Waals surface area contributed by atoms with Crippen LogP contribution in [0.2, 0.25) is 0 Å². The number of hydrogen-bond donors (Lipinski definition) is 8. The van der Waals surface area contributed by atoms with Crippen molar-refractivity contribution in [1.29, 1.82) is 0 Å². The maximum atomic E-state index is 12.6. The van der Waals surface area contributed by atoms with Crippen LogP contribution in [-0.2, 0) is 25.6 Å². The average molecular weight is 430 g/mol. The Labute approximate surface area is 172 Å². The SMILES string of the molecule is CC(N)C(=O)NC(C(=O)NC(Cc1cnc[nH]1)C(=O)NC(CS)C(=O)O)C(C)O. The van der Waals surface area contributed by atoms with Crippen molar-refractivity contribution in [2.45, 2.75) is 50.5 Å². The van der Waals surface area contributed by atoms with E-state index >= 15 is 0 Å². The van der Waals surface area contributed by atoms with E-state index in [9.17, 15) is 24.3 Å². The van der Waals surface area contributed by atoms with E-state index in [1.54, 1.807) is 0 Å². The monoisotopic (exact) mass is 430 g/mol. The molecule has 0 aliphatic rings. The molecule has 0 aliphatic heterocycles. The van der Waals surface area contributed by atoms with E-state index in [-0.39, 0.29) is 12.2 Å². The highest BCUT2D eigenvalue weighted by atomic mass is 32.1. The van der Waals surface area contributed by atoms with Crippen LogP contribution in [-0.4, -0.2) is 79.9 Å². The number of H-pyrrole nitrogens is 1. The fraction of sp³-hybridized carbons (Fsp3) is 0.562. The zero-order chi connectivity index (χ0) is 22.1. The highest BCUT2D eigenvalue weighted by molar-refractivity contribution is 7.80. The van der Waals surface area contributed by atoms with Gasteiger partial charge >= 0.3 is 5.97 Å². The molecule has 1 heterocycles. The number of carboxylic acids is 1. The number of aliphatic hydroxyl groups excluding tert-OH is 1. The Kier molecular flexibility index (Phi) is 9.58. The van der Waals surface area contributed by atoms with Crippen molar-refractivity contribution in [3.05, 3.63) is 18.2 Å². The van der Waals surface area contributed by atoms with Crippen LogP contribution in [0, 0.1) is 0 Å². The summed E-state index contributed by atoms with van der Waals surface area (Å²) in [6.45, 7) is 2.70. The third-order valence-electron chi connectivity index (χ3n) is 3.89. The van der Waals surface area contributed by atoms with Crippen LogP contribution >= 0.6 is 12.6 Å². The second kappa shape index (κ2) is 11.4. The molecule has 0 fully saturated rings. The van der Waals surface area contributed by atoms with Crippen molar-refractivity contribution in [3.8, 4) is 0 Å². The van der Waals surface area contributed by atoms with Crippen molar-refractivity contribution >= 4 is 36.3 Å². The molecule has 0 radical (unpaired) electrons. The van der Waals surface area contributed by atoms with E-state index in [0.717, 1.165) is 0 Å². The molecule has 1 aromatic heterocycles. The molecule has 5 atom stereocenters. The van der Waals surface area contributed by atoms with Gasteiger partial charge in [0.25, 0.3) is 0 Å². The number of nitrogens with two attached hydrogens (primary N) is 1. The summed E-state index contributed by atoms with van der Waals surface area (Å²) in [4.78, 5) is 54.7. The summed E-state index contributed by atoms with van der Waals surface area (Å²) >= 11 is 3.88. The van der Waals surface area contributed by atoms with Gasteiger partial charge in [-0.3, -0.25) is 14.4 Å². The molecular formula is C16H26N6O6S. The highest BCUT2D eigenvalue weighted by Crippen LogP contribution is 2.03. The zero-order valence-corrected chi connectivity index (χ0v) is 16.8. The first-order valence-corrected chi connectivity index (χ1v) is 9.35. The Morgan fingerprint density at radius 3 is 2.21 bits per heavy atom. The molecular weight excluding hydrogens is 404 g/mol. The van der Waals surface area contributed by atoms with Crippen molar-refractivity contribution in [2.75, 3.05) is 5.75 Å². The Bertz CT molecular complexity index is 711. The van der Waals surface area contributed by atoms with Gasteiger partial charge in [-0.15, -0.1) is 0 Å². The first kappa shape index (κ1) is 24.4. The molecule has 3 amide bonds. The van der Waals surface area contributed by atoms with Crippen molar-refractivity contribution in [3.63, 3.8) is 0 Å². The third-order valence-corrected chi connectivity index (χ3v) is 4.25. The Balaban J connectivity index is 2.99. The van der Waals surface area contributed by atoms with Gasteiger partial charge in [0.05, 0.1) is 18.5 Å². The molecule has 0 aliphatic carbocycles. The molecule has 0 aromatic carbocycles. The highest BCUT2D eigenvalue weighted by Gasteiger charge is 2.32. The summed E-state index contributed by atoms with van der Waals surface area (Å²) < 4.78 is 0.